The molecule has 1 aliphatic carbocycles. The molecule has 0 radical (unpaired) electrons. The average molecular weight is 427 g/mol. The van der Waals surface area contributed by atoms with Gasteiger partial charge in [0.1, 0.15) is 22.7 Å². The smallest absolute Gasteiger partial charge is 0.339 e. The molecular weight excluding hydrogens is 398 g/mol. The van der Waals surface area contributed by atoms with Crippen LogP contribution in [-0.2, 0) is 28.8 Å². The molecule has 0 spiro atoms. The largest absolute Gasteiger partial charge is 0.487 e. The average Bonchev–Trinajstić information content (AvgIpc) is 3.41. The van der Waals surface area contributed by atoms with Crippen molar-refractivity contribution in [1.82, 2.24) is 5.32 Å². The molecule has 2 aliphatic heterocycles. The molecule has 1 aromatic heterocycles. The zero-order chi connectivity index (χ0) is 21.6. The van der Waals surface area contributed by atoms with Gasteiger partial charge in [-0.3, -0.25) is 4.79 Å². The second kappa shape index (κ2) is 7.86. The number of carbonyl (C=O) groups is 1. The topological polar surface area (TPSA) is 87.0 Å². The number of ether oxygens (including phenoxy) is 3. The molecule has 3 aliphatic rings. The molecule has 5 rings (SSSR count). The Morgan fingerprint density at radius 2 is 2.03 bits per heavy atom. The Balaban J connectivity index is 1.47. The van der Waals surface area contributed by atoms with Gasteiger partial charge in [0.05, 0.1) is 11.5 Å². The zero-order valence-electron chi connectivity index (χ0n) is 18.2. The van der Waals surface area contributed by atoms with Crippen molar-refractivity contribution in [1.29, 1.82) is 0 Å². The molecule has 166 valence electrons. The van der Waals surface area contributed by atoms with E-state index in [2.05, 4.69) is 5.32 Å². The first kappa shape index (κ1) is 20.4. The number of nitrogens with one attached hydrogen (secondary N) is 1. The summed E-state index contributed by atoms with van der Waals surface area (Å²) in [6.07, 6.45) is 6.13. The summed E-state index contributed by atoms with van der Waals surface area (Å²) in [5, 5.41) is 3.71. The standard InChI is InChI=1S/C24H29NO6/c1-24(2)9-8-17-18(31-24)11-19(29-13-20(26)25-12-14-5-4-10-28-14)21-15-6-3-7-16(15)23(27)30-22(17)21/h11,14H,3-10,12-13H2,1-2H3,(H,25,26). The number of fused-ring (bicyclic) bond motifs is 5. The van der Waals surface area contributed by atoms with Crippen molar-refractivity contribution in [3.05, 3.63) is 33.2 Å². The Hall–Kier alpha value is -2.54. The van der Waals surface area contributed by atoms with Crippen molar-refractivity contribution >= 4 is 16.9 Å². The van der Waals surface area contributed by atoms with Crippen LogP contribution in [-0.4, -0.2) is 37.4 Å². The number of carbonyl (C=O) groups excluding carboxylic acids is 1. The molecule has 1 N–H and O–H groups in total. The van der Waals surface area contributed by atoms with Crippen LogP contribution in [0.25, 0.3) is 11.0 Å². The summed E-state index contributed by atoms with van der Waals surface area (Å²) in [6, 6.07) is 1.87. The molecule has 1 saturated heterocycles. The monoisotopic (exact) mass is 427 g/mol. The minimum atomic E-state index is -0.312. The molecule has 1 fully saturated rings. The van der Waals surface area contributed by atoms with E-state index in [1.54, 1.807) is 0 Å². The molecule has 1 aromatic carbocycles. The second-order valence-corrected chi connectivity index (χ2v) is 9.35. The van der Waals surface area contributed by atoms with E-state index in [0.717, 1.165) is 73.6 Å². The molecule has 7 nitrogen and oxygen atoms in total. The van der Waals surface area contributed by atoms with E-state index in [1.165, 1.54) is 0 Å². The van der Waals surface area contributed by atoms with Gasteiger partial charge in [0.2, 0.25) is 0 Å². The summed E-state index contributed by atoms with van der Waals surface area (Å²) < 4.78 is 23.5. The predicted octanol–water partition coefficient (Wildman–Crippen LogP) is 3.06. The van der Waals surface area contributed by atoms with Gasteiger partial charge >= 0.3 is 5.63 Å². The first-order valence-electron chi connectivity index (χ1n) is 11.3. The highest BCUT2D eigenvalue weighted by molar-refractivity contribution is 5.93. The number of hydrogen-bond donors (Lipinski definition) is 1. The van der Waals surface area contributed by atoms with Gasteiger partial charge < -0.3 is 23.9 Å². The number of aryl methyl sites for hydroxylation is 2. The molecular formula is C24H29NO6. The van der Waals surface area contributed by atoms with E-state index in [0.29, 0.717) is 23.6 Å². The van der Waals surface area contributed by atoms with Gasteiger partial charge in [-0.05, 0) is 64.4 Å². The SMILES string of the molecule is CC1(C)CCc2c(cc(OCC(=O)NCC3CCCO3)c3c4c(c(=O)oc23)CCC4)O1. The number of amides is 1. The second-order valence-electron chi connectivity index (χ2n) is 9.35. The Morgan fingerprint density at radius 3 is 2.84 bits per heavy atom. The quantitative estimate of drug-likeness (QED) is 0.738. The Kier molecular flexibility index (Phi) is 5.16. The fourth-order valence-electron chi connectivity index (χ4n) is 4.89. The van der Waals surface area contributed by atoms with Crippen LogP contribution in [0.4, 0.5) is 0 Å². The molecule has 0 bridgehead atoms. The van der Waals surface area contributed by atoms with Crippen LogP contribution in [0.5, 0.6) is 11.5 Å². The fraction of sp³-hybridized carbons (Fsp3) is 0.583. The van der Waals surface area contributed by atoms with Crippen molar-refractivity contribution in [3.63, 3.8) is 0 Å². The lowest BCUT2D eigenvalue weighted by molar-refractivity contribution is -0.123. The first-order valence-corrected chi connectivity index (χ1v) is 11.3. The van der Waals surface area contributed by atoms with E-state index in [4.69, 9.17) is 18.6 Å². The third-order valence-corrected chi connectivity index (χ3v) is 6.54. The van der Waals surface area contributed by atoms with Crippen molar-refractivity contribution in [2.24, 2.45) is 0 Å². The normalized spacial score (nSPS) is 21.4. The van der Waals surface area contributed by atoms with Crippen molar-refractivity contribution < 1.29 is 23.4 Å². The summed E-state index contributed by atoms with van der Waals surface area (Å²) in [5.41, 5.74) is 2.61. The van der Waals surface area contributed by atoms with E-state index in [1.807, 2.05) is 19.9 Å². The first-order chi connectivity index (χ1) is 14.9. The Labute approximate surface area is 181 Å². The molecule has 1 atom stereocenters. The van der Waals surface area contributed by atoms with Gasteiger partial charge in [0, 0.05) is 30.3 Å². The van der Waals surface area contributed by atoms with Gasteiger partial charge in [-0.25, -0.2) is 4.79 Å². The summed E-state index contributed by atoms with van der Waals surface area (Å²) in [4.78, 5) is 25.0. The van der Waals surface area contributed by atoms with Crippen LogP contribution in [0.2, 0.25) is 0 Å². The number of rotatable bonds is 5. The molecule has 2 aromatic rings. The third kappa shape index (κ3) is 3.91. The molecule has 1 amide bonds. The fourth-order valence-corrected chi connectivity index (χ4v) is 4.89. The maximum absolute atomic E-state index is 12.6. The van der Waals surface area contributed by atoms with Crippen molar-refractivity contribution in [2.45, 2.75) is 70.5 Å². The van der Waals surface area contributed by atoms with Crippen LogP contribution in [0.3, 0.4) is 0 Å². The van der Waals surface area contributed by atoms with Gasteiger partial charge in [-0.2, -0.15) is 0 Å². The van der Waals surface area contributed by atoms with Crippen LogP contribution < -0.4 is 20.4 Å². The van der Waals surface area contributed by atoms with E-state index >= 15 is 0 Å². The van der Waals surface area contributed by atoms with Crippen LogP contribution in [0.1, 0.15) is 56.2 Å². The van der Waals surface area contributed by atoms with Gasteiger partial charge in [0.25, 0.3) is 5.91 Å². The lowest BCUT2D eigenvalue weighted by Crippen LogP contribution is -2.35. The van der Waals surface area contributed by atoms with Gasteiger partial charge in [-0.15, -0.1) is 0 Å². The van der Waals surface area contributed by atoms with Crippen LogP contribution in [0, 0.1) is 0 Å². The zero-order valence-corrected chi connectivity index (χ0v) is 18.2. The minimum absolute atomic E-state index is 0.0849. The van der Waals surface area contributed by atoms with E-state index in [9.17, 15) is 9.59 Å². The van der Waals surface area contributed by atoms with Crippen molar-refractivity contribution in [2.75, 3.05) is 19.8 Å². The highest BCUT2D eigenvalue weighted by atomic mass is 16.5. The van der Waals surface area contributed by atoms with Gasteiger partial charge in [-0.1, -0.05) is 0 Å². The predicted molar refractivity (Wildman–Crippen MR) is 115 cm³/mol. The van der Waals surface area contributed by atoms with Gasteiger partial charge in [0.15, 0.2) is 6.61 Å². The maximum Gasteiger partial charge on any atom is 0.339 e. The Morgan fingerprint density at radius 1 is 1.19 bits per heavy atom. The maximum atomic E-state index is 12.6. The minimum Gasteiger partial charge on any atom is -0.487 e. The lowest BCUT2D eigenvalue weighted by atomic mass is 9.91. The van der Waals surface area contributed by atoms with Crippen LogP contribution in [0.15, 0.2) is 15.3 Å². The molecule has 7 heteroatoms. The molecule has 31 heavy (non-hydrogen) atoms. The molecule has 0 saturated carbocycles. The summed E-state index contributed by atoms with van der Waals surface area (Å²) in [7, 11) is 0. The number of hydrogen-bond acceptors (Lipinski definition) is 6. The summed E-state index contributed by atoms with van der Waals surface area (Å²) >= 11 is 0. The summed E-state index contributed by atoms with van der Waals surface area (Å²) in [5.74, 6) is 1.01. The number of benzene rings is 1. The van der Waals surface area contributed by atoms with E-state index < -0.39 is 0 Å². The molecule has 3 heterocycles. The lowest BCUT2D eigenvalue weighted by Gasteiger charge is -2.33. The molecule has 1 unspecified atom stereocenters. The highest BCUT2D eigenvalue weighted by Crippen LogP contribution is 2.44. The Bertz CT molecular complexity index is 1080. The van der Waals surface area contributed by atoms with Crippen LogP contribution >= 0.6 is 0 Å². The summed E-state index contributed by atoms with van der Waals surface area (Å²) in [6.45, 7) is 5.22. The third-order valence-electron chi connectivity index (χ3n) is 6.54. The van der Waals surface area contributed by atoms with Crippen molar-refractivity contribution in [3.8, 4) is 11.5 Å². The van der Waals surface area contributed by atoms with E-state index in [-0.39, 0.29) is 29.8 Å². The highest BCUT2D eigenvalue weighted by Gasteiger charge is 2.32.